The fraction of sp³-hybridized carbons (Fsp3) is 0.875. The van der Waals surface area contributed by atoms with Crippen LogP contribution in [0.4, 0.5) is 0 Å². The summed E-state index contributed by atoms with van der Waals surface area (Å²) in [6, 6.07) is 0. The molecule has 1 aliphatic heterocycles. The topological polar surface area (TPSA) is 61.8 Å². The molecular formula is C16H28O5. The number of ether oxygens (including phenoxy) is 3. The quantitative estimate of drug-likeness (QED) is 0.534. The Labute approximate surface area is 127 Å². The molecule has 5 heteroatoms. The van der Waals surface area contributed by atoms with Gasteiger partial charge in [0.1, 0.15) is 5.60 Å². The highest BCUT2D eigenvalue weighted by atomic mass is 16.6. The predicted octanol–water partition coefficient (Wildman–Crippen LogP) is 2.71. The average molecular weight is 300 g/mol. The van der Waals surface area contributed by atoms with Crippen LogP contribution in [0.3, 0.4) is 0 Å². The molecule has 0 N–H and O–H groups in total. The van der Waals surface area contributed by atoms with E-state index in [1.165, 1.54) is 0 Å². The van der Waals surface area contributed by atoms with Gasteiger partial charge in [-0.1, -0.05) is 13.8 Å². The Hall–Kier alpha value is -1.10. The van der Waals surface area contributed by atoms with Crippen molar-refractivity contribution in [3.05, 3.63) is 0 Å². The molecule has 0 saturated carbocycles. The Morgan fingerprint density at radius 1 is 1.48 bits per heavy atom. The number of carbonyl (C=O) groups excluding carboxylic acids is 2. The first-order valence-electron chi connectivity index (χ1n) is 7.77. The van der Waals surface area contributed by atoms with Gasteiger partial charge < -0.3 is 14.2 Å². The van der Waals surface area contributed by atoms with Crippen LogP contribution >= 0.6 is 0 Å². The molecule has 1 rings (SSSR count). The predicted molar refractivity (Wildman–Crippen MR) is 78.7 cm³/mol. The number of carbonyl (C=O) groups is 2. The second-order valence-electron chi connectivity index (χ2n) is 6.31. The Morgan fingerprint density at radius 3 is 2.71 bits per heavy atom. The summed E-state index contributed by atoms with van der Waals surface area (Å²) in [6.07, 6.45) is 2.07. The molecule has 3 unspecified atom stereocenters. The van der Waals surface area contributed by atoms with E-state index in [0.29, 0.717) is 32.7 Å². The fourth-order valence-electron chi connectivity index (χ4n) is 2.17. The van der Waals surface area contributed by atoms with Crippen LogP contribution in [0.1, 0.15) is 53.9 Å². The molecule has 1 fully saturated rings. The second kappa shape index (κ2) is 7.25. The third-order valence-electron chi connectivity index (χ3n) is 4.48. The summed E-state index contributed by atoms with van der Waals surface area (Å²) in [5.41, 5.74) is -1.48. The average Bonchev–Trinajstić information content (AvgIpc) is 2.44. The minimum Gasteiger partial charge on any atom is -0.465 e. The van der Waals surface area contributed by atoms with Gasteiger partial charge >= 0.3 is 11.9 Å². The van der Waals surface area contributed by atoms with Gasteiger partial charge in [-0.05, 0) is 33.6 Å². The van der Waals surface area contributed by atoms with Gasteiger partial charge in [0.05, 0.1) is 24.5 Å². The van der Waals surface area contributed by atoms with Crippen LogP contribution in [-0.2, 0) is 23.8 Å². The summed E-state index contributed by atoms with van der Waals surface area (Å²) in [5, 5.41) is 0. The van der Waals surface area contributed by atoms with Crippen LogP contribution in [0, 0.1) is 11.3 Å². The van der Waals surface area contributed by atoms with Crippen molar-refractivity contribution in [1.82, 2.24) is 0 Å². The van der Waals surface area contributed by atoms with E-state index in [1.54, 1.807) is 13.8 Å². The summed E-state index contributed by atoms with van der Waals surface area (Å²) < 4.78 is 16.3. The lowest BCUT2D eigenvalue weighted by Crippen LogP contribution is -2.50. The second-order valence-corrected chi connectivity index (χ2v) is 6.31. The van der Waals surface area contributed by atoms with Crippen molar-refractivity contribution in [1.29, 1.82) is 0 Å². The maximum Gasteiger partial charge on any atom is 0.314 e. The fourth-order valence-corrected chi connectivity index (χ4v) is 2.17. The van der Waals surface area contributed by atoms with Crippen molar-refractivity contribution in [3.8, 4) is 0 Å². The van der Waals surface area contributed by atoms with E-state index in [1.807, 2.05) is 20.8 Å². The number of hydrogen-bond donors (Lipinski definition) is 0. The van der Waals surface area contributed by atoms with Crippen LogP contribution in [0.25, 0.3) is 0 Å². The van der Waals surface area contributed by atoms with Crippen LogP contribution in [0.15, 0.2) is 0 Å². The Morgan fingerprint density at radius 2 is 2.14 bits per heavy atom. The Kier molecular flexibility index (Phi) is 6.20. The summed E-state index contributed by atoms with van der Waals surface area (Å²) in [7, 11) is 0. The van der Waals surface area contributed by atoms with Crippen molar-refractivity contribution in [2.24, 2.45) is 11.3 Å². The molecule has 0 aromatic rings. The molecule has 0 radical (unpaired) electrons. The zero-order valence-corrected chi connectivity index (χ0v) is 13.9. The highest BCUT2D eigenvalue weighted by Crippen LogP contribution is 2.34. The maximum absolute atomic E-state index is 12.6. The van der Waals surface area contributed by atoms with E-state index in [-0.39, 0.29) is 11.9 Å². The maximum atomic E-state index is 12.6. The molecule has 0 bridgehead atoms. The SMILES string of the molecule is CCCOCC(C)(CC)C(=O)OC1(C)CCOC(=O)C1C. The first-order chi connectivity index (χ1) is 9.79. The number of rotatable bonds is 7. The Balaban J connectivity index is 2.74. The molecule has 122 valence electrons. The van der Waals surface area contributed by atoms with Gasteiger partial charge in [-0.3, -0.25) is 9.59 Å². The smallest absolute Gasteiger partial charge is 0.314 e. The molecule has 5 nitrogen and oxygen atoms in total. The Bertz CT molecular complexity index is 381. The lowest BCUT2D eigenvalue weighted by atomic mass is 9.84. The molecule has 3 atom stereocenters. The van der Waals surface area contributed by atoms with Gasteiger partial charge in [-0.2, -0.15) is 0 Å². The minimum absolute atomic E-state index is 0.294. The molecule has 0 amide bonds. The van der Waals surface area contributed by atoms with E-state index in [4.69, 9.17) is 14.2 Å². The number of esters is 2. The lowest BCUT2D eigenvalue weighted by molar-refractivity contribution is -0.195. The van der Waals surface area contributed by atoms with Crippen LogP contribution in [0.2, 0.25) is 0 Å². The van der Waals surface area contributed by atoms with E-state index in [2.05, 4.69) is 0 Å². The van der Waals surface area contributed by atoms with E-state index >= 15 is 0 Å². The van der Waals surface area contributed by atoms with Crippen molar-refractivity contribution >= 4 is 11.9 Å². The zero-order valence-electron chi connectivity index (χ0n) is 13.9. The van der Waals surface area contributed by atoms with Gasteiger partial charge in [-0.25, -0.2) is 0 Å². The summed E-state index contributed by atoms with van der Waals surface area (Å²) in [4.78, 5) is 24.2. The zero-order chi connectivity index (χ0) is 16.1. The van der Waals surface area contributed by atoms with E-state index in [9.17, 15) is 9.59 Å². The van der Waals surface area contributed by atoms with Crippen molar-refractivity contribution < 1.29 is 23.8 Å². The highest BCUT2D eigenvalue weighted by molar-refractivity contribution is 5.79. The van der Waals surface area contributed by atoms with Crippen molar-refractivity contribution in [2.75, 3.05) is 19.8 Å². The first kappa shape index (κ1) is 18.0. The third kappa shape index (κ3) is 4.19. The van der Waals surface area contributed by atoms with Gasteiger partial charge in [0.25, 0.3) is 0 Å². The van der Waals surface area contributed by atoms with Gasteiger partial charge in [0, 0.05) is 13.0 Å². The van der Waals surface area contributed by atoms with Crippen molar-refractivity contribution in [3.63, 3.8) is 0 Å². The van der Waals surface area contributed by atoms with Gasteiger partial charge in [-0.15, -0.1) is 0 Å². The summed E-state index contributed by atoms with van der Waals surface area (Å²) in [6.45, 7) is 10.6. The summed E-state index contributed by atoms with van der Waals surface area (Å²) in [5.74, 6) is -1.06. The first-order valence-corrected chi connectivity index (χ1v) is 7.77. The van der Waals surface area contributed by atoms with Crippen LogP contribution in [-0.4, -0.2) is 37.4 Å². The third-order valence-corrected chi connectivity index (χ3v) is 4.48. The van der Waals surface area contributed by atoms with Gasteiger partial charge in [0.2, 0.25) is 0 Å². The lowest BCUT2D eigenvalue weighted by Gasteiger charge is -2.40. The molecule has 0 aromatic heterocycles. The molecule has 1 aliphatic rings. The standard InChI is InChI=1S/C16H28O5/c1-6-9-19-11-15(4,7-2)14(18)21-16(5)8-10-20-13(17)12(16)3/h12H,6-11H2,1-5H3. The molecule has 1 saturated heterocycles. The van der Waals surface area contributed by atoms with Crippen LogP contribution < -0.4 is 0 Å². The molecule has 0 aromatic carbocycles. The molecular weight excluding hydrogens is 272 g/mol. The molecule has 0 aliphatic carbocycles. The monoisotopic (exact) mass is 300 g/mol. The highest BCUT2D eigenvalue weighted by Gasteiger charge is 2.46. The molecule has 1 heterocycles. The van der Waals surface area contributed by atoms with Gasteiger partial charge in [0.15, 0.2) is 0 Å². The van der Waals surface area contributed by atoms with Crippen molar-refractivity contribution in [2.45, 2.75) is 59.5 Å². The normalized spacial score (nSPS) is 28.6. The van der Waals surface area contributed by atoms with E-state index in [0.717, 1.165) is 6.42 Å². The molecule has 0 spiro atoms. The number of cyclic esters (lactones) is 1. The molecule has 21 heavy (non-hydrogen) atoms. The largest absolute Gasteiger partial charge is 0.465 e. The summed E-state index contributed by atoms with van der Waals surface area (Å²) >= 11 is 0. The van der Waals surface area contributed by atoms with Crippen LogP contribution in [0.5, 0.6) is 0 Å². The minimum atomic E-state index is -0.798. The number of hydrogen-bond acceptors (Lipinski definition) is 5. The van der Waals surface area contributed by atoms with E-state index < -0.39 is 16.9 Å².